The molecule has 2 rings (SSSR count). The van der Waals surface area contributed by atoms with Crippen LogP contribution in [0.5, 0.6) is 0 Å². The van der Waals surface area contributed by atoms with Crippen molar-refractivity contribution in [2.24, 2.45) is 0 Å². The number of hydrogen-bond acceptors (Lipinski definition) is 4. The number of amides is 2. The number of hydrazine groups is 1. The van der Waals surface area contributed by atoms with Crippen LogP contribution in [0.3, 0.4) is 0 Å². The number of rotatable bonds is 6. The lowest BCUT2D eigenvalue weighted by Crippen LogP contribution is -2.43. The van der Waals surface area contributed by atoms with Crippen LogP contribution in [0.15, 0.2) is 12.1 Å². The van der Waals surface area contributed by atoms with Gasteiger partial charge in [0.15, 0.2) is 0 Å². The molecule has 0 saturated heterocycles. The fraction of sp³-hybridized carbons (Fsp3) is 0.471. The predicted octanol–water partition coefficient (Wildman–Crippen LogP) is 2.54. The first-order valence-electron chi connectivity index (χ1n) is 8.16. The third-order valence-corrected chi connectivity index (χ3v) is 4.93. The summed E-state index contributed by atoms with van der Waals surface area (Å²) in [5.41, 5.74) is 7.91. The maximum atomic E-state index is 12.2. The molecule has 2 N–H and O–H groups in total. The van der Waals surface area contributed by atoms with Crippen LogP contribution in [0.25, 0.3) is 0 Å². The summed E-state index contributed by atoms with van der Waals surface area (Å²) >= 11 is 1.50. The zero-order valence-electron chi connectivity index (χ0n) is 14.6. The van der Waals surface area contributed by atoms with Gasteiger partial charge in [0.1, 0.15) is 6.54 Å². The monoisotopic (exact) mass is 348 g/mol. The Balaban J connectivity index is 1.92. The van der Waals surface area contributed by atoms with Gasteiger partial charge in [-0.15, -0.1) is 11.3 Å². The van der Waals surface area contributed by atoms with Gasteiger partial charge >= 0.3 is 0 Å². The number of aromatic nitrogens is 2. The van der Waals surface area contributed by atoms with Crippen LogP contribution >= 0.6 is 11.3 Å². The Morgan fingerprint density at radius 2 is 1.96 bits per heavy atom. The molecule has 7 heteroatoms. The Morgan fingerprint density at radius 3 is 2.54 bits per heavy atom. The SMILES string of the molecule is CCCc1sc(C(=O)NNC(=O)Cn2nc(C)cc2C)cc1CC. The topological polar surface area (TPSA) is 76.0 Å². The molecule has 0 atom stereocenters. The van der Waals surface area contributed by atoms with E-state index in [0.29, 0.717) is 4.88 Å². The Hall–Kier alpha value is -2.15. The van der Waals surface area contributed by atoms with E-state index in [2.05, 4.69) is 29.8 Å². The highest BCUT2D eigenvalue weighted by molar-refractivity contribution is 7.14. The zero-order chi connectivity index (χ0) is 17.7. The number of nitrogens with one attached hydrogen (secondary N) is 2. The average Bonchev–Trinajstić information content (AvgIpc) is 3.08. The molecular formula is C17H24N4O2S. The molecule has 2 amide bonds. The number of nitrogens with zero attached hydrogens (tertiary/aromatic N) is 2. The maximum Gasteiger partial charge on any atom is 0.279 e. The van der Waals surface area contributed by atoms with E-state index in [0.717, 1.165) is 30.7 Å². The van der Waals surface area contributed by atoms with Gasteiger partial charge in [-0.2, -0.15) is 5.10 Å². The highest BCUT2D eigenvalue weighted by atomic mass is 32.1. The lowest BCUT2D eigenvalue weighted by atomic mass is 10.1. The minimum atomic E-state index is -0.310. The quantitative estimate of drug-likeness (QED) is 0.788. The van der Waals surface area contributed by atoms with E-state index in [1.165, 1.54) is 21.8 Å². The van der Waals surface area contributed by atoms with Gasteiger partial charge in [-0.25, -0.2) is 0 Å². The molecule has 0 bridgehead atoms. The van der Waals surface area contributed by atoms with E-state index in [-0.39, 0.29) is 18.4 Å². The van der Waals surface area contributed by atoms with Gasteiger partial charge in [-0.1, -0.05) is 20.3 Å². The number of hydrogen-bond donors (Lipinski definition) is 2. The van der Waals surface area contributed by atoms with Crippen molar-refractivity contribution in [3.8, 4) is 0 Å². The van der Waals surface area contributed by atoms with Crippen LogP contribution in [0.4, 0.5) is 0 Å². The van der Waals surface area contributed by atoms with Gasteiger partial charge in [-0.05, 0) is 44.4 Å². The van der Waals surface area contributed by atoms with Crippen molar-refractivity contribution in [3.63, 3.8) is 0 Å². The van der Waals surface area contributed by atoms with Crippen LogP contribution in [-0.2, 0) is 24.2 Å². The molecule has 0 radical (unpaired) electrons. The minimum Gasteiger partial charge on any atom is -0.271 e. The largest absolute Gasteiger partial charge is 0.279 e. The number of carbonyl (C=O) groups is 2. The second-order valence-corrected chi connectivity index (χ2v) is 6.89. The van der Waals surface area contributed by atoms with Crippen LogP contribution in [0.1, 0.15) is 51.8 Å². The van der Waals surface area contributed by atoms with E-state index >= 15 is 0 Å². The molecule has 0 spiro atoms. The zero-order valence-corrected chi connectivity index (χ0v) is 15.4. The standard InChI is InChI=1S/C17H24N4O2S/c1-5-7-14-13(6-2)9-15(24-14)17(23)19-18-16(22)10-21-12(4)8-11(3)20-21/h8-9H,5-7,10H2,1-4H3,(H,18,22)(H,19,23). The van der Waals surface area contributed by atoms with Crippen molar-refractivity contribution >= 4 is 23.2 Å². The van der Waals surface area contributed by atoms with Crippen molar-refractivity contribution in [2.45, 2.75) is 53.5 Å². The molecular weight excluding hydrogens is 324 g/mol. The molecule has 0 saturated carbocycles. The van der Waals surface area contributed by atoms with E-state index in [4.69, 9.17) is 0 Å². The van der Waals surface area contributed by atoms with Crippen molar-refractivity contribution in [2.75, 3.05) is 0 Å². The van der Waals surface area contributed by atoms with Crippen molar-refractivity contribution in [1.29, 1.82) is 0 Å². The van der Waals surface area contributed by atoms with Crippen molar-refractivity contribution < 1.29 is 9.59 Å². The fourth-order valence-electron chi connectivity index (χ4n) is 2.51. The molecule has 130 valence electrons. The second kappa shape index (κ2) is 8.10. The summed E-state index contributed by atoms with van der Waals surface area (Å²) in [7, 11) is 0. The smallest absolute Gasteiger partial charge is 0.271 e. The molecule has 0 fully saturated rings. The van der Waals surface area contributed by atoms with Crippen molar-refractivity contribution in [1.82, 2.24) is 20.6 Å². The Labute approximate surface area is 146 Å². The molecule has 0 aromatic carbocycles. The van der Waals surface area contributed by atoms with E-state index < -0.39 is 0 Å². The van der Waals surface area contributed by atoms with Gasteiger partial charge < -0.3 is 0 Å². The van der Waals surface area contributed by atoms with E-state index in [9.17, 15) is 9.59 Å². The summed E-state index contributed by atoms with van der Waals surface area (Å²) in [6, 6.07) is 3.82. The summed E-state index contributed by atoms with van der Waals surface area (Å²) in [6.07, 6.45) is 2.93. The van der Waals surface area contributed by atoms with Gasteiger partial charge in [0.05, 0.1) is 10.6 Å². The fourth-order valence-corrected chi connectivity index (χ4v) is 3.77. The highest BCUT2D eigenvalue weighted by Gasteiger charge is 2.14. The Kier molecular flexibility index (Phi) is 6.14. The molecule has 6 nitrogen and oxygen atoms in total. The van der Waals surface area contributed by atoms with Crippen LogP contribution in [-0.4, -0.2) is 21.6 Å². The highest BCUT2D eigenvalue weighted by Crippen LogP contribution is 2.24. The first-order valence-corrected chi connectivity index (χ1v) is 8.98. The van der Waals surface area contributed by atoms with Gasteiger partial charge in [-0.3, -0.25) is 25.1 Å². The number of thiophene rings is 1. The first kappa shape index (κ1) is 18.2. The number of aryl methyl sites for hydroxylation is 4. The molecule has 2 aromatic heterocycles. The van der Waals surface area contributed by atoms with E-state index in [1.54, 1.807) is 4.68 Å². The summed E-state index contributed by atoms with van der Waals surface area (Å²) in [5, 5.41) is 4.23. The van der Waals surface area contributed by atoms with Gasteiger partial charge in [0.2, 0.25) is 0 Å². The Bertz CT molecular complexity index is 733. The molecule has 2 aromatic rings. The summed E-state index contributed by atoms with van der Waals surface area (Å²) in [5.74, 6) is -0.589. The lowest BCUT2D eigenvalue weighted by Gasteiger charge is -2.07. The van der Waals surface area contributed by atoms with Crippen LogP contribution < -0.4 is 10.9 Å². The minimum absolute atomic E-state index is 0.0751. The maximum absolute atomic E-state index is 12.2. The lowest BCUT2D eigenvalue weighted by molar-refractivity contribution is -0.122. The normalized spacial score (nSPS) is 10.7. The third kappa shape index (κ3) is 4.44. The molecule has 0 aliphatic rings. The summed E-state index contributed by atoms with van der Waals surface area (Å²) in [6.45, 7) is 8.04. The number of carbonyl (C=O) groups excluding carboxylic acids is 2. The molecule has 2 heterocycles. The average molecular weight is 348 g/mol. The molecule has 24 heavy (non-hydrogen) atoms. The van der Waals surface area contributed by atoms with Gasteiger partial charge in [0.25, 0.3) is 11.8 Å². The summed E-state index contributed by atoms with van der Waals surface area (Å²) < 4.78 is 1.61. The Morgan fingerprint density at radius 1 is 1.21 bits per heavy atom. The first-order chi connectivity index (χ1) is 11.4. The van der Waals surface area contributed by atoms with Crippen LogP contribution in [0.2, 0.25) is 0 Å². The van der Waals surface area contributed by atoms with Crippen molar-refractivity contribution in [3.05, 3.63) is 38.8 Å². The predicted molar refractivity (Wildman–Crippen MR) is 95.0 cm³/mol. The van der Waals surface area contributed by atoms with Gasteiger partial charge in [0, 0.05) is 10.6 Å². The van der Waals surface area contributed by atoms with Crippen LogP contribution in [0, 0.1) is 13.8 Å². The molecule has 0 aliphatic heterocycles. The van der Waals surface area contributed by atoms with E-state index in [1.807, 2.05) is 26.0 Å². The summed E-state index contributed by atoms with van der Waals surface area (Å²) in [4.78, 5) is 26.1. The second-order valence-electron chi connectivity index (χ2n) is 5.75. The third-order valence-electron chi connectivity index (χ3n) is 3.69. The molecule has 0 unspecified atom stereocenters. The molecule has 0 aliphatic carbocycles.